The van der Waals surface area contributed by atoms with Crippen LogP contribution in [0.4, 0.5) is 0 Å². The van der Waals surface area contributed by atoms with Crippen LogP contribution in [0.25, 0.3) is 11.3 Å². The molecule has 0 aliphatic heterocycles. The van der Waals surface area contributed by atoms with Crippen LogP contribution in [0.3, 0.4) is 0 Å². The summed E-state index contributed by atoms with van der Waals surface area (Å²) in [6, 6.07) is 5.31. The van der Waals surface area contributed by atoms with Crippen molar-refractivity contribution in [3.8, 4) is 11.3 Å². The Bertz CT molecular complexity index is 391. The lowest BCUT2D eigenvalue weighted by Crippen LogP contribution is -1.80. The molecule has 2 nitrogen and oxygen atoms in total. The molecule has 1 aromatic carbocycles. The topological polar surface area (TPSA) is 26.0 Å². The van der Waals surface area contributed by atoms with Crippen molar-refractivity contribution < 1.29 is 4.42 Å². The third-order valence-corrected chi connectivity index (χ3v) is 2.28. The Morgan fingerprint density at radius 2 is 1.85 bits per heavy atom. The first-order valence-electron chi connectivity index (χ1n) is 3.61. The first-order chi connectivity index (χ1) is 6.29. The zero-order valence-corrected chi connectivity index (χ0v) is 8.01. The summed E-state index contributed by atoms with van der Waals surface area (Å²) in [7, 11) is 0. The van der Waals surface area contributed by atoms with Crippen LogP contribution in [0.15, 0.2) is 35.3 Å². The smallest absolute Gasteiger partial charge is 0.181 e. The van der Waals surface area contributed by atoms with Gasteiger partial charge in [-0.3, -0.25) is 0 Å². The van der Waals surface area contributed by atoms with Crippen molar-refractivity contribution in [2.24, 2.45) is 0 Å². The van der Waals surface area contributed by atoms with E-state index in [1.54, 1.807) is 18.2 Å². The number of hydrogen-bond donors (Lipinski definition) is 0. The molecule has 0 spiro atoms. The second kappa shape index (κ2) is 3.40. The molecule has 0 atom stereocenters. The minimum Gasteiger partial charge on any atom is -0.451 e. The molecule has 66 valence electrons. The van der Waals surface area contributed by atoms with E-state index in [2.05, 4.69) is 4.98 Å². The van der Waals surface area contributed by atoms with Crippen molar-refractivity contribution in [3.05, 3.63) is 40.9 Å². The van der Waals surface area contributed by atoms with E-state index in [4.69, 9.17) is 27.6 Å². The van der Waals surface area contributed by atoms with Gasteiger partial charge in [-0.15, -0.1) is 0 Å². The summed E-state index contributed by atoms with van der Waals surface area (Å²) in [5.74, 6) is 0. The molecule has 0 saturated carbocycles. The van der Waals surface area contributed by atoms with Crippen LogP contribution in [-0.4, -0.2) is 4.98 Å². The maximum atomic E-state index is 5.95. The first-order valence-corrected chi connectivity index (χ1v) is 4.37. The highest BCUT2D eigenvalue weighted by molar-refractivity contribution is 6.39. The lowest BCUT2D eigenvalue weighted by atomic mass is 10.2. The van der Waals surface area contributed by atoms with Crippen molar-refractivity contribution in [3.63, 3.8) is 0 Å². The van der Waals surface area contributed by atoms with E-state index in [-0.39, 0.29) is 0 Å². The third-order valence-electron chi connectivity index (χ3n) is 1.65. The van der Waals surface area contributed by atoms with Crippen LogP contribution in [0.5, 0.6) is 0 Å². The van der Waals surface area contributed by atoms with Crippen molar-refractivity contribution in [2.45, 2.75) is 0 Å². The van der Waals surface area contributed by atoms with Crippen molar-refractivity contribution in [1.29, 1.82) is 0 Å². The molecule has 0 amide bonds. The van der Waals surface area contributed by atoms with Crippen LogP contribution < -0.4 is 0 Å². The number of benzene rings is 1. The molecule has 1 aromatic heterocycles. The van der Waals surface area contributed by atoms with E-state index in [1.807, 2.05) is 0 Å². The molecular formula is C9H5Cl2NO. The molecule has 0 N–H and O–H groups in total. The number of halogens is 2. The highest BCUT2D eigenvalue weighted by Crippen LogP contribution is 2.33. The maximum absolute atomic E-state index is 5.95. The summed E-state index contributed by atoms with van der Waals surface area (Å²) < 4.78 is 4.85. The molecule has 0 unspecified atom stereocenters. The van der Waals surface area contributed by atoms with E-state index in [1.165, 1.54) is 12.7 Å². The molecule has 0 saturated heterocycles. The van der Waals surface area contributed by atoms with Gasteiger partial charge in [0.05, 0.1) is 10.0 Å². The van der Waals surface area contributed by atoms with Gasteiger partial charge in [-0.1, -0.05) is 29.3 Å². The predicted octanol–water partition coefficient (Wildman–Crippen LogP) is 3.65. The lowest BCUT2D eigenvalue weighted by Gasteiger charge is -2.01. The number of rotatable bonds is 1. The van der Waals surface area contributed by atoms with Gasteiger partial charge in [-0.05, 0) is 12.1 Å². The summed E-state index contributed by atoms with van der Waals surface area (Å²) in [5, 5.41) is 1.14. The summed E-state index contributed by atoms with van der Waals surface area (Å²) >= 11 is 11.9. The molecule has 0 aliphatic rings. The fraction of sp³-hybridized carbons (Fsp3) is 0. The average Bonchev–Trinajstić information content (AvgIpc) is 2.57. The number of nitrogens with zero attached hydrogens (tertiary/aromatic N) is 1. The SMILES string of the molecule is Clc1cccc(Cl)c1-c1cocn1. The van der Waals surface area contributed by atoms with Gasteiger partial charge >= 0.3 is 0 Å². The van der Waals surface area contributed by atoms with Crippen molar-refractivity contribution in [1.82, 2.24) is 4.98 Å². The monoisotopic (exact) mass is 213 g/mol. The molecule has 13 heavy (non-hydrogen) atoms. The Kier molecular flexibility index (Phi) is 2.25. The number of aromatic nitrogens is 1. The first kappa shape index (κ1) is 8.60. The van der Waals surface area contributed by atoms with Gasteiger partial charge in [0.25, 0.3) is 0 Å². The van der Waals surface area contributed by atoms with E-state index in [0.717, 1.165) is 0 Å². The van der Waals surface area contributed by atoms with Gasteiger partial charge in [0.15, 0.2) is 6.39 Å². The Labute approximate surface area is 85.1 Å². The van der Waals surface area contributed by atoms with Gasteiger partial charge in [0.2, 0.25) is 0 Å². The van der Waals surface area contributed by atoms with E-state index >= 15 is 0 Å². The lowest BCUT2D eigenvalue weighted by molar-refractivity contribution is 0.558. The van der Waals surface area contributed by atoms with Crippen LogP contribution in [-0.2, 0) is 0 Å². The van der Waals surface area contributed by atoms with Gasteiger partial charge in [-0.2, -0.15) is 0 Å². The molecule has 1 heterocycles. The van der Waals surface area contributed by atoms with Gasteiger partial charge < -0.3 is 4.42 Å². The highest BCUT2D eigenvalue weighted by Gasteiger charge is 2.09. The molecule has 0 aliphatic carbocycles. The number of hydrogen-bond acceptors (Lipinski definition) is 2. The maximum Gasteiger partial charge on any atom is 0.181 e. The van der Waals surface area contributed by atoms with E-state index in [0.29, 0.717) is 21.3 Å². The van der Waals surface area contributed by atoms with E-state index in [9.17, 15) is 0 Å². The molecule has 2 rings (SSSR count). The molecule has 0 bridgehead atoms. The molecule has 0 fully saturated rings. The third kappa shape index (κ3) is 1.55. The normalized spacial score (nSPS) is 10.3. The molecule has 4 heteroatoms. The zero-order chi connectivity index (χ0) is 9.26. The summed E-state index contributed by atoms with van der Waals surface area (Å²) in [6.45, 7) is 0. The zero-order valence-electron chi connectivity index (χ0n) is 6.50. The molecule has 2 aromatic rings. The average molecular weight is 214 g/mol. The second-order valence-electron chi connectivity index (χ2n) is 2.47. The summed E-state index contributed by atoms with van der Waals surface area (Å²) in [4.78, 5) is 3.97. The Hall–Kier alpha value is -0.990. The fourth-order valence-corrected chi connectivity index (χ4v) is 1.67. The number of oxazole rings is 1. The standard InChI is InChI=1S/C9H5Cl2NO/c10-6-2-1-3-7(11)9(6)8-4-13-5-12-8/h1-5H. The van der Waals surface area contributed by atoms with Crippen molar-refractivity contribution >= 4 is 23.2 Å². The summed E-state index contributed by atoms with van der Waals surface area (Å²) in [6.07, 6.45) is 2.85. The van der Waals surface area contributed by atoms with Crippen LogP contribution in [0.1, 0.15) is 0 Å². The van der Waals surface area contributed by atoms with Crippen molar-refractivity contribution in [2.75, 3.05) is 0 Å². The van der Waals surface area contributed by atoms with Gasteiger partial charge in [0, 0.05) is 5.56 Å². The second-order valence-corrected chi connectivity index (χ2v) is 3.28. The minimum absolute atomic E-state index is 0.571. The Morgan fingerprint density at radius 1 is 1.15 bits per heavy atom. The molecular weight excluding hydrogens is 209 g/mol. The Morgan fingerprint density at radius 3 is 2.38 bits per heavy atom. The van der Waals surface area contributed by atoms with Crippen LogP contribution in [0, 0.1) is 0 Å². The highest BCUT2D eigenvalue weighted by atomic mass is 35.5. The van der Waals surface area contributed by atoms with Gasteiger partial charge in [-0.25, -0.2) is 4.98 Å². The van der Waals surface area contributed by atoms with Gasteiger partial charge in [0.1, 0.15) is 12.0 Å². The fourth-order valence-electron chi connectivity index (χ4n) is 1.08. The summed E-state index contributed by atoms with van der Waals surface area (Å²) in [5.41, 5.74) is 1.36. The minimum atomic E-state index is 0.571. The quantitative estimate of drug-likeness (QED) is 0.723. The molecule has 0 radical (unpaired) electrons. The van der Waals surface area contributed by atoms with E-state index < -0.39 is 0 Å². The predicted molar refractivity (Wildman–Crippen MR) is 52.0 cm³/mol. The largest absolute Gasteiger partial charge is 0.451 e. The Balaban J connectivity index is 2.64. The van der Waals surface area contributed by atoms with Crippen LogP contribution in [0.2, 0.25) is 10.0 Å². The van der Waals surface area contributed by atoms with Crippen LogP contribution >= 0.6 is 23.2 Å².